The Bertz CT molecular complexity index is 921. The predicted octanol–water partition coefficient (Wildman–Crippen LogP) is 1.89. The Morgan fingerprint density at radius 2 is 1.62 bits per heavy atom. The maximum Gasteiger partial charge on any atom is 0.414 e. The van der Waals surface area contributed by atoms with Crippen LogP contribution in [0, 0.1) is 5.82 Å². The summed E-state index contributed by atoms with van der Waals surface area (Å²) in [6.07, 6.45) is 0. The molecule has 1 aliphatic rings. The minimum absolute atomic E-state index is 0.121. The van der Waals surface area contributed by atoms with Gasteiger partial charge in [-0.05, 0) is 25.2 Å². The molecule has 32 heavy (non-hydrogen) atoms. The van der Waals surface area contributed by atoms with Crippen molar-refractivity contribution in [1.29, 1.82) is 0 Å². The van der Waals surface area contributed by atoms with Crippen molar-refractivity contribution >= 4 is 29.2 Å². The molecule has 0 aromatic heterocycles. The molecular formula is C22H26FN3O6. The highest BCUT2D eigenvalue weighted by molar-refractivity contribution is 6.27. The highest BCUT2D eigenvalue weighted by atomic mass is 19.1. The number of rotatable bonds is 6. The number of nitrogens with zero attached hydrogens (tertiary/aromatic N) is 2. The van der Waals surface area contributed by atoms with E-state index in [0.717, 1.165) is 24.5 Å². The topological polar surface area (TPSA) is 119 Å². The summed E-state index contributed by atoms with van der Waals surface area (Å²) < 4.78 is 19.1. The second-order valence-corrected chi connectivity index (χ2v) is 7.04. The predicted molar refractivity (Wildman–Crippen MR) is 116 cm³/mol. The zero-order valence-corrected chi connectivity index (χ0v) is 17.7. The van der Waals surface area contributed by atoms with Crippen LogP contribution in [0.5, 0.6) is 0 Å². The number of benzene rings is 2. The highest BCUT2D eigenvalue weighted by Gasteiger charge is 2.16. The van der Waals surface area contributed by atoms with Gasteiger partial charge in [-0.1, -0.05) is 30.3 Å². The fourth-order valence-corrected chi connectivity index (χ4v) is 3.07. The molecule has 1 fully saturated rings. The number of likely N-dealkylation sites (N-methyl/N-ethyl adjacent to an activating group) is 1. The van der Waals surface area contributed by atoms with E-state index in [1.165, 1.54) is 6.07 Å². The first-order valence-electron chi connectivity index (χ1n) is 9.87. The monoisotopic (exact) mass is 447 g/mol. The fourth-order valence-electron chi connectivity index (χ4n) is 3.07. The summed E-state index contributed by atoms with van der Waals surface area (Å²) in [6.45, 7) is 3.55. The Morgan fingerprint density at radius 3 is 2.25 bits per heavy atom. The van der Waals surface area contributed by atoms with Gasteiger partial charge in [-0.3, -0.25) is 9.69 Å². The summed E-state index contributed by atoms with van der Waals surface area (Å²) in [7, 11) is 1.81. The van der Waals surface area contributed by atoms with Crippen LogP contribution in [0.1, 0.15) is 5.56 Å². The van der Waals surface area contributed by atoms with E-state index in [-0.39, 0.29) is 18.3 Å². The van der Waals surface area contributed by atoms with Gasteiger partial charge in [0.05, 0.1) is 31.1 Å². The van der Waals surface area contributed by atoms with Crippen LogP contribution in [0.15, 0.2) is 48.5 Å². The quantitative estimate of drug-likeness (QED) is 0.575. The van der Waals surface area contributed by atoms with Gasteiger partial charge in [-0.25, -0.2) is 14.0 Å². The molecule has 0 radical (unpaired) electrons. The van der Waals surface area contributed by atoms with Crippen molar-refractivity contribution in [1.82, 2.24) is 4.90 Å². The van der Waals surface area contributed by atoms with Crippen LogP contribution in [0.2, 0.25) is 0 Å². The first-order valence-corrected chi connectivity index (χ1v) is 9.87. The number of nitrogens with one attached hydrogen (secondary N) is 1. The Hall–Kier alpha value is -3.50. The maximum absolute atomic E-state index is 13.8. The summed E-state index contributed by atoms with van der Waals surface area (Å²) in [4.78, 5) is 34.6. The summed E-state index contributed by atoms with van der Waals surface area (Å²) in [5, 5.41) is 17.8. The van der Waals surface area contributed by atoms with E-state index >= 15 is 0 Å². The Balaban J connectivity index is 0.000000534. The highest BCUT2D eigenvalue weighted by Crippen LogP contribution is 2.26. The van der Waals surface area contributed by atoms with Crippen molar-refractivity contribution in [3.8, 4) is 0 Å². The van der Waals surface area contributed by atoms with Gasteiger partial charge in [-0.2, -0.15) is 0 Å². The van der Waals surface area contributed by atoms with Gasteiger partial charge in [0.15, 0.2) is 0 Å². The number of aliphatic carboxylic acids is 2. The van der Waals surface area contributed by atoms with E-state index in [9.17, 15) is 9.18 Å². The van der Waals surface area contributed by atoms with Crippen molar-refractivity contribution in [2.24, 2.45) is 0 Å². The molecule has 0 atom stereocenters. The second-order valence-electron chi connectivity index (χ2n) is 7.04. The lowest BCUT2D eigenvalue weighted by molar-refractivity contribution is -0.159. The van der Waals surface area contributed by atoms with Gasteiger partial charge in [0.2, 0.25) is 5.91 Å². The molecule has 0 aliphatic carbocycles. The van der Waals surface area contributed by atoms with E-state index in [4.69, 9.17) is 24.5 Å². The van der Waals surface area contributed by atoms with Crippen LogP contribution in [0.4, 0.5) is 15.8 Å². The number of anilines is 2. The number of carbonyl (C=O) groups is 3. The van der Waals surface area contributed by atoms with Gasteiger partial charge in [-0.15, -0.1) is 0 Å². The van der Waals surface area contributed by atoms with Crippen molar-refractivity contribution in [3.63, 3.8) is 0 Å². The third-order valence-electron chi connectivity index (χ3n) is 4.52. The number of halogens is 1. The van der Waals surface area contributed by atoms with Crippen LogP contribution in [0.25, 0.3) is 0 Å². The number of amides is 1. The SMILES string of the molecule is CN(CC(=O)Nc1ccccc1N1CCOCC1)Cc1ccccc1F.O=C(O)C(=O)O. The molecule has 0 saturated carbocycles. The third kappa shape index (κ3) is 7.97. The lowest BCUT2D eigenvalue weighted by Crippen LogP contribution is -2.37. The Morgan fingerprint density at radius 1 is 1.03 bits per heavy atom. The van der Waals surface area contributed by atoms with E-state index in [2.05, 4.69) is 10.2 Å². The summed E-state index contributed by atoms with van der Waals surface area (Å²) >= 11 is 0. The van der Waals surface area contributed by atoms with E-state index < -0.39 is 11.9 Å². The van der Waals surface area contributed by atoms with Crippen molar-refractivity contribution in [2.45, 2.75) is 6.54 Å². The van der Waals surface area contributed by atoms with Crippen LogP contribution in [0.3, 0.4) is 0 Å². The summed E-state index contributed by atoms with van der Waals surface area (Å²) in [5.41, 5.74) is 2.37. The molecule has 9 nitrogen and oxygen atoms in total. The van der Waals surface area contributed by atoms with E-state index in [0.29, 0.717) is 25.3 Å². The van der Waals surface area contributed by atoms with Gasteiger partial charge in [0.1, 0.15) is 5.82 Å². The molecule has 1 amide bonds. The number of carboxylic acids is 2. The molecule has 1 aliphatic heterocycles. The van der Waals surface area contributed by atoms with Gasteiger partial charge < -0.3 is 25.2 Å². The molecule has 1 heterocycles. The number of ether oxygens (including phenoxy) is 1. The first kappa shape index (κ1) is 24.8. The summed E-state index contributed by atoms with van der Waals surface area (Å²) in [5.74, 6) is -4.02. The smallest absolute Gasteiger partial charge is 0.414 e. The van der Waals surface area contributed by atoms with Crippen LogP contribution in [-0.2, 0) is 25.7 Å². The van der Waals surface area contributed by atoms with Crippen molar-refractivity contribution in [3.05, 3.63) is 59.9 Å². The van der Waals surface area contributed by atoms with Crippen LogP contribution >= 0.6 is 0 Å². The van der Waals surface area contributed by atoms with Crippen LogP contribution in [-0.4, -0.2) is 72.9 Å². The maximum atomic E-state index is 13.8. The minimum atomic E-state index is -1.82. The van der Waals surface area contributed by atoms with Gasteiger partial charge in [0.25, 0.3) is 0 Å². The normalized spacial score (nSPS) is 13.2. The molecule has 0 bridgehead atoms. The average molecular weight is 447 g/mol. The van der Waals surface area contributed by atoms with Gasteiger partial charge in [0, 0.05) is 25.2 Å². The number of hydrogen-bond acceptors (Lipinski definition) is 6. The third-order valence-corrected chi connectivity index (χ3v) is 4.52. The molecule has 3 rings (SSSR count). The Kier molecular flexibility index (Phi) is 9.58. The van der Waals surface area contributed by atoms with E-state index in [1.54, 1.807) is 30.1 Å². The molecular weight excluding hydrogens is 421 g/mol. The van der Waals surface area contributed by atoms with Crippen molar-refractivity contribution in [2.75, 3.05) is 50.1 Å². The number of carbonyl (C=O) groups excluding carboxylic acids is 1. The zero-order chi connectivity index (χ0) is 23.5. The number of hydrogen-bond donors (Lipinski definition) is 3. The lowest BCUT2D eigenvalue weighted by atomic mass is 10.2. The molecule has 2 aromatic carbocycles. The number of morpholine rings is 1. The molecule has 2 aromatic rings. The van der Waals surface area contributed by atoms with E-state index in [1.807, 2.05) is 24.3 Å². The molecule has 172 valence electrons. The number of carboxylic acid groups (broad SMARTS) is 2. The van der Waals surface area contributed by atoms with Crippen LogP contribution < -0.4 is 10.2 Å². The molecule has 0 spiro atoms. The minimum Gasteiger partial charge on any atom is -0.473 e. The summed E-state index contributed by atoms with van der Waals surface area (Å²) in [6, 6.07) is 14.4. The zero-order valence-electron chi connectivity index (χ0n) is 17.7. The number of para-hydroxylation sites is 2. The van der Waals surface area contributed by atoms with Crippen molar-refractivity contribution < 1.29 is 33.7 Å². The molecule has 3 N–H and O–H groups in total. The second kappa shape index (κ2) is 12.4. The lowest BCUT2D eigenvalue weighted by Gasteiger charge is -2.30. The van der Waals surface area contributed by atoms with Gasteiger partial charge >= 0.3 is 11.9 Å². The fraction of sp³-hybridized carbons (Fsp3) is 0.318. The Labute approximate surface area is 185 Å². The standard InChI is InChI=1S/C20H24FN3O2.C2H2O4/c1-23(14-16-6-2-3-7-17(16)21)15-20(25)22-18-8-4-5-9-19(18)24-10-12-26-13-11-24;3-1(4)2(5)6/h2-9H,10-15H2,1H3,(H,22,25);(H,3,4)(H,5,6). The molecule has 10 heteroatoms. The largest absolute Gasteiger partial charge is 0.473 e. The molecule has 1 saturated heterocycles. The molecule has 0 unspecified atom stereocenters. The first-order chi connectivity index (χ1) is 15.3. The average Bonchev–Trinajstić information content (AvgIpc) is 2.76.